The zero-order valence-corrected chi connectivity index (χ0v) is 22.3. The molecule has 2 heterocycles. The molecule has 4 rings (SSSR count). The number of esters is 1. The zero-order valence-electron chi connectivity index (χ0n) is 19.9. The van der Waals surface area contributed by atoms with Gasteiger partial charge in [0.25, 0.3) is 0 Å². The number of carbonyl (C=O) groups is 1. The van der Waals surface area contributed by atoms with Gasteiger partial charge in [0.1, 0.15) is 21.4 Å². The van der Waals surface area contributed by atoms with Gasteiger partial charge in [-0.25, -0.2) is 22.0 Å². The number of nitrogens with zero attached hydrogens (tertiary/aromatic N) is 2. The van der Waals surface area contributed by atoms with Crippen LogP contribution in [0, 0.1) is 11.6 Å². The van der Waals surface area contributed by atoms with Crippen molar-refractivity contribution in [2.24, 2.45) is 0 Å². The first-order chi connectivity index (χ1) is 17.7. The molecule has 12 heteroatoms. The Morgan fingerprint density at radius 3 is 2.32 bits per heavy atom. The molecule has 7 nitrogen and oxygen atoms in total. The lowest BCUT2D eigenvalue weighted by Gasteiger charge is -2.35. The van der Waals surface area contributed by atoms with Crippen LogP contribution in [0.25, 0.3) is 0 Å². The van der Waals surface area contributed by atoms with Crippen molar-refractivity contribution in [2.75, 3.05) is 39.8 Å². The normalized spacial score (nSPS) is 16.0. The number of ether oxygens (including phenoxy) is 2. The molecular formula is C25H25ClF2N2O5S2. The predicted octanol–water partition coefficient (Wildman–Crippen LogP) is 4.73. The van der Waals surface area contributed by atoms with Crippen LogP contribution in [0.3, 0.4) is 0 Å². The van der Waals surface area contributed by atoms with Gasteiger partial charge in [0.15, 0.2) is 0 Å². The van der Waals surface area contributed by atoms with E-state index in [9.17, 15) is 22.0 Å². The highest BCUT2D eigenvalue weighted by Gasteiger charge is 2.33. The van der Waals surface area contributed by atoms with Crippen molar-refractivity contribution < 1.29 is 31.5 Å². The van der Waals surface area contributed by atoms with Gasteiger partial charge in [0.05, 0.1) is 19.8 Å². The van der Waals surface area contributed by atoms with Crippen LogP contribution < -0.4 is 0 Å². The average Bonchev–Trinajstić information content (AvgIpc) is 3.39. The van der Waals surface area contributed by atoms with Crippen molar-refractivity contribution in [3.05, 3.63) is 86.6 Å². The number of benzene rings is 2. The molecule has 0 bridgehead atoms. The van der Waals surface area contributed by atoms with E-state index in [2.05, 4.69) is 0 Å². The van der Waals surface area contributed by atoms with Crippen molar-refractivity contribution in [3.63, 3.8) is 0 Å². The first-order valence-electron chi connectivity index (χ1n) is 11.4. The van der Waals surface area contributed by atoms with E-state index in [4.69, 9.17) is 21.1 Å². The highest BCUT2D eigenvalue weighted by atomic mass is 35.5. The summed E-state index contributed by atoms with van der Waals surface area (Å²) in [7, 11) is -2.68. The third-order valence-corrected chi connectivity index (χ3v) is 9.32. The molecule has 1 aliphatic heterocycles. The van der Waals surface area contributed by atoms with E-state index in [1.54, 1.807) is 29.6 Å². The maximum atomic E-state index is 14.1. The molecule has 1 aliphatic rings. The number of carbonyl (C=O) groups excluding carboxylic acids is 1. The predicted molar refractivity (Wildman–Crippen MR) is 136 cm³/mol. The van der Waals surface area contributed by atoms with Gasteiger partial charge in [-0.1, -0.05) is 29.8 Å². The maximum Gasteiger partial charge on any atom is 0.349 e. The van der Waals surface area contributed by atoms with Crippen LogP contribution in [0.4, 0.5) is 8.78 Å². The quantitative estimate of drug-likeness (QED) is 0.346. The molecule has 3 aromatic rings. The van der Waals surface area contributed by atoms with Crippen LogP contribution in [-0.2, 0) is 26.1 Å². The summed E-state index contributed by atoms with van der Waals surface area (Å²) in [6.07, 6.45) is -0.540. The molecule has 1 atom stereocenters. The summed E-state index contributed by atoms with van der Waals surface area (Å²) in [4.78, 5) is 14.0. The van der Waals surface area contributed by atoms with Gasteiger partial charge in [0, 0.05) is 43.3 Å². The minimum absolute atomic E-state index is 0.0431. The third-order valence-electron chi connectivity index (χ3n) is 6.11. The lowest BCUT2D eigenvalue weighted by Crippen LogP contribution is -2.49. The number of hydrogen-bond donors (Lipinski definition) is 0. The molecule has 198 valence electrons. The summed E-state index contributed by atoms with van der Waals surface area (Å²) in [5, 5.41) is 2.09. The van der Waals surface area contributed by atoms with Crippen LogP contribution in [0.5, 0.6) is 0 Å². The molecule has 0 saturated carbocycles. The SMILES string of the molecule is COC(=O)c1sccc1S(=O)(=O)N1CCN(CC(OCc2c(F)cccc2F)c2ccc(Cl)cc2)CC1. The summed E-state index contributed by atoms with van der Waals surface area (Å²) in [6, 6.07) is 12.1. The molecule has 0 amide bonds. The second-order valence-corrected chi connectivity index (χ2v) is 11.6. The molecule has 0 spiro atoms. The lowest BCUT2D eigenvalue weighted by atomic mass is 10.1. The molecular weight excluding hydrogens is 546 g/mol. The molecule has 1 fully saturated rings. The van der Waals surface area contributed by atoms with E-state index in [0.29, 0.717) is 24.7 Å². The van der Waals surface area contributed by atoms with Gasteiger partial charge in [-0.15, -0.1) is 11.3 Å². The van der Waals surface area contributed by atoms with Crippen LogP contribution in [-0.4, -0.2) is 63.4 Å². The highest BCUT2D eigenvalue weighted by molar-refractivity contribution is 7.89. The first kappa shape index (κ1) is 27.6. The van der Waals surface area contributed by atoms with Gasteiger partial charge < -0.3 is 9.47 Å². The van der Waals surface area contributed by atoms with E-state index < -0.39 is 33.7 Å². The van der Waals surface area contributed by atoms with Gasteiger partial charge in [0.2, 0.25) is 10.0 Å². The Bertz CT molecular complexity index is 1320. The Morgan fingerprint density at radius 1 is 1.05 bits per heavy atom. The minimum atomic E-state index is -3.88. The van der Waals surface area contributed by atoms with Crippen LogP contribution in [0.15, 0.2) is 58.8 Å². The van der Waals surface area contributed by atoms with Gasteiger partial charge in [-0.3, -0.25) is 4.90 Å². The Labute approximate surface area is 223 Å². The number of sulfonamides is 1. The number of thiophene rings is 1. The van der Waals surface area contributed by atoms with Gasteiger partial charge in [-0.2, -0.15) is 4.31 Å². The topological polar surface area (TPSA) is 76.2 Å². The van der Waals surface area contributed by atoms with E-state index in [-0.39, 0.29) is 35.0 Å². The number of methoxy groups -OCH3 is 1. The second kappa shape index (κ2) is 12.0. The summed E-state index contributed by atoms with van der Waals surface area (Å²) in [5.41, 5.74) is 0.617. The fraction of sp³-hybridized carbons (Fsp3) is 0.320. The molecule has 1 saturated heterocycles. The standard InChI is InChI=1S/C25H25ClF2N2O5S2/c1-34-25(31)24-23(9-14-36-24)37(32,33)30-12-10-29(11-13-30)15-22(17-5-7-18(26)8-6-17)35-16-19-20(27)3-2-4-21(19)28/h2-9,14,22H,10-13,15-16H2,1H3. The Balaban J connectivity index is 1.45. The summed E-state index contributed by atoms with van der Waals surface area (Å²) in [6.45, 7) is 1.31. The Hall–Kier alpha value is -2.41. The molecule has 1 aromatic heterocycles. The summed E-state index contributed by atoms with van der Waals surface area (Å²) < 4.78 is 66.7. The largest absolute Gasteiger partial charge is 0.465 e. The first-order valence-corrected chi connectivity index (χ1v) is 14.1. The smallest absolute Gasteiger partial charge is 0.349 e. The number of hydrogen-bond acceptors (Lipinski definition) is 7. The minimum Gasteiger partial charge on any atom is -0.465 e. The number of piperazine rings is 1. The monoisotopic (exact) mass is 570 g/mol. The lowest BCUT2D eigenvalue weighted by molar-refractivity contribution is 0.00546. The molecule has 0 N–H and O–H groups in total. The van der Waals surface area contributed by atoms with Crippen LogP contribution >= 0.6 is 22.9 Å². The summed E-state index contributed by atoms with van der Waals surface area (Å²) in [5.74, 6) is -2.07. The molecule has 0 radical (unpaired) electrons. The second-order valence-electron chi connectivity index (χ2n) is 8.36. The Kier molecular flexibility index (Phi) is 8.94. The number of rotatable bonds is 9. The van der Waals surface area contributed by atoms with E-state index >= 15 is 0 Å². The van der Waals surface area contributed by atoms with Crippen molar-refractivity contribution in [3.8, 4) is 0 Å². The van der Waals surface area contributed by atoms with Crippen molar-refractivity contribution in [2.45, 2.75) is 17.6 Å². The fourth-order valence-electron chi connectivity index (χ4n) is 4.05. The molecule has 1 unspecified atom stereocenters. The maximum absolute atomic E-state index is 14.1. The number of halogens is 3. The zero-order chi connectivity index (χ0) is 26.6. The molecule has 37 heavy (non-hydrogen) atoms. The van der Waals surface area contributed by atoms with Crippen molar-refractivity contribution in [1.29, 1.82) is 0 Å². The fourth-order valence-corrected chi connectivity index (χ4v) is 6.91. The average molecular weight is 571 g/mol. The van der Waals surface area contributed by atoms with Crippen LogP contribution in [0.1, 0.15) is 26.9 Å². The molecule has 0 aliphatic carbocycles. The van der Waals surface area contributed by atoms with Gasteiger partial charge >= 0.3 is 5.97 Å². The van der Waals surface area contributed by atoms with E-state index in [1.165, 1.54) is 35.7 Å². The third kappa shape index (κ3) is 6.36. The van der Waals surface area contributed by atoms with Crippen LogP contribution in [0.2, 0.25) is 5.02 Å². The Morgan fingerprint density at radius 2 is 1.70 bits per heavy atom. The van der Waals surface area contributed by atoms with E-state index in [1.807, 2.05) is 4.90 Å². The highest BCUT2D eigenvalue weighted by Crippen LogP contribution is 2.28. The van der Waals surface area contributed by atoms with Crippen molar-refractivity contribution in [1.82, 2.24) is 9.21 Å². The van der Waals surface area contributed by atoms with Gasteiger partial charge in [-0.05, 0) is 41.3 Å². The molecule has 2 aromatic carbocycles. The summed E-state index contributed by atoms with van der Waals surface area (Å²) >= 11 is 7.04. The van der Waals surface area contributed by atoms with Crippen molar-refractivity contribution >= 4 is 38.9 Å². The van der Waals surface area contributed by atoms with E-state index in [0.717, 1.165) is 16.9 Å².